The minimum absolute atomic E-state index is 0.0718. The van der Waals surface area contributed by atoms with Crippen LogP contribution >= 0.6 is 0 Å². The molecule has 0 spiro atoms. The third-order valence-corrected chi connectivity index (χ3v) is 4.70. The van der Waals surface area contributed by atoms with E-state index >= 15 is 0 Å². The zero-order valence-corrected chi connectivity index (χ0v) is 14.3. The normalized spacial score (nSPS) is 16.2. The minimum Gasteiger partial charge on any atom is -0.335 e. The van der Waals surface area contributed by atoms with E-state index in [2.05, 4.69) is 32.9 Å². The number of aryl methyl sites for hydroxylation is 1. The summed E-state index contributed by atoms with van der Waals surface area (Å²) in [5.74, 6) is 1.92. The first-order chi connectivity index (χ1) is 11.7. The first-order valence-corrected chi connectivity index (χ1v) is 8.82. The molecular weight excluding hydrogens is 300 g/mol. The third kappa shape index (κ3) is 4.45. The Balaban J connectivity index is 1.43. The summed E-state index contributed by atoms with van der Waals surface area (Å²) >= 11 is 0. The SMILES string of the molecule is CCc1nccn1CC1CCN(CC(=O)Nc2ccccc2)CC1. The van der Waals surface area contributed by atoms with Gasteiger partial charge in [-0.25, -0.2) is 4.98 Å². The number of rotatable bonds is 6. The van der Waals surface area contributed by atoms with Crippen LogP contribution in [0.4, 0.5) is 5.69 Å². The molecule has 0 saturated carbocycles. The lowest BCUT2D eigenvalue weighted by Crippen LogP contribution is -2.40. The van der Waals surface area contributed by atoms with Gasteiger partial charge in [0, 0.05) is 31.0 Å². The van der Waals surface area contributed by atoms with Crippen LogP contribution in [0.3, 0.4) is 0 Å². The van der Waals surface area contributed by atoms with E-state index in [9.17, 15) is 4.79 Å². The number of likely N-dealkylation sites (tertiary alicyclic amines) is 1. The molecule has 1 aromatic carbocycles. The number of para-hydroxylation sites is 1. The Bertz CT molecular complexity index is 644. The number of aromatic nitrogens is 2. The van der Waals surface area contributed by atoms with Gasteiger partial charge in [0.25, 0.3) is 0 Å². The van der Waals surface area contributed by atoms with Gasteiger partial charge in [-0.05, 0) is 44.0 Å². The van der Waals surface area contributed by atoms with Gasteiger partial charge in [0.1, 0.15) is 5.82 Å². The van der Waals surface area contributed by atoms with E-state index in [0.717, 1.165) is 44.6 Å². The zero-order valence-electron chi connectivity index (χ0n) is 14.3. The molecule has 0 atom stereocenters. The number of carbonyl (C=O) groups is 1. The quantitative estimate of drug-likeness (QED) is 0.888. The summed E-state index contributed by atoms with van der Waals surface area (Å²) in [6.07, 6.45) is 7.23. The highest BCUT2D eigenvalue weighted by atomic mass is 16.2. The molecule has 2 aromatic rings. The fourth-order valence-electron chi connectivity index (χ4n) is 3.35. The van der Waals surface area contributed by atoms with Crippen LogP contribution in [-0.4, -0.2) is 40.0 Å². The highest BCUT2D eigenvalue weighted by Crippen LogP contribution is 2.20. The van der Waals surface area contributed by atoms with Gasteiger partial charge in [0.05, 0.1) is 6.54 Å². The maximum atomic E-state index is 12.1. The molecule has 0 bridgehead atoms. The molecule has 1 amide bonds. The molecule has 0 aliphatic carbocycles. The Morgan fingerprint density at radius 3 is 2.71 bits per heavy atom. The van der Waals surface area contributed by atoms with Crippen molar-refractivity contribution >= 4 is 11.6 Å². The number of piperidine rings is 1. The van der Waals surface area contributed by atoms with Crippen molar-refractivity contribution in [3.05, 3.63) is 48.5 Å². The molecule has 1 fully saturated rings. The standard InChI is InChI=1S/C19H26N4O/c1-2-18-20-10-13-23(18)14-16-8-11-22(12-9-16)15-19(24)21-17-6-4-3-5-7-17/h3-7,10,13,16H,2,8-9,11-12,14-15H2,1H3,(H,21,24). The number of nitrogens with one attached hydrogen (secondary N) is 1. The number of anilines is 1. The van der Waals surface area contributed by atoms with Crippen LogP contribution < -0.4 is 5.32 Å². The van der Waals surface area contributed by atoms with Crippen LogP contribution in [0, 0.1) is 5.92 Å². The lowest BCUT2D eigenvalue weighted by Gasteiger charge is -2.31. The van der Waals surface area contributed by atoms with Gasteiger partial charge in [-0.2, -0.15) is 0 Å². The monoisotopic (exact) mass is 326 g/mol. The van der Waals surface area contributed by atoms with Crippen LogP contribution in [0.5, 0.6) is 0 Å². The van der Waals surface area contributed by atoms with E-state index in [0.29, 0.717) is 12.5 Å². The fourth-order valence-corrected chi connectivity index (χ4v) is 3.35. The highest BCUT2D eigenvalue weighted by Gasteiger charge is 2.21. The second-order valence-electron chi connectivity index (χ2n) is 6.48. The predicted octanol–water partition coefficient (Wildman–Crippen LogP) is 2.80. The van der Waals surface area contributed by atoms with Crippen molar-refractivity contribution in [1.82, 2.24) is 14.5 Å². The summed E-state index contributed by atoms with van der Waals surface area (Å²) in [6.45, 7) is 5.65. The van der Waals surface area contributed by atoms with Crippen LogP contribution in [0.2, 0.25) is 0 Å². The molecule has 5 nitrogen and oxygen atoms in total. The second kappa shape index (κ2) is 8.11. The molecule has 2 heterocycles. The first kappa shape index (κ1) is 16.7. The van der Waals surface area contributed by atoms with Crippen molar-refractivity contribution in [2.45, 2.75) is 32.7 Å². The van der Waals surface area contributed by atoms with Crippen LogP contribution in [0.25, 0.3) is 0 Å². The molecule has 0 radical (unpaired) electrons. The predicted molar refractivity (Wildman–Crippen MR) is 95.8 cm³/mol. The van der Waals surface area contributed by atoms with Gasteiger partial charge in [0.2, 0.25) is 5.91 Å². The average molecular weight is 326 g/mol. The van der Waals surface area contributed by atoms with Gasteiger partial charge in [0.15, 0.2) is 0 Å². The van der Waals surface area contributed by atoms with E-state index in [4.69, 9.17) is 0 Å². The second-order valence-corrected chi connectivity index (χ2v) is 6.48. The van der Waals surface area contributed by atoms with Gasteiger partial charge in [-0.1, -0.05) is 25.1 Å². The Morgan fingerprint density at radius 1 is 1.25 bits per heavy atom. The Hall–Kier alpha value is -2.14. The third-order valence-electron chi connectivity index (χ3n) is 4.70. The van der Waals surface area contributed by atoms with Crippen molar-refractivity contribution in [3.63, 3.8) is 0 Å². The zero-order chi connectivity index (χ0) is 16.8. The number of hydrogen-bond acceptors (Lipinski definition) is 3. The minimum atomic E-state index is 0.0718. The average Bonchev–Trinajstić information content (AvgIpc) is 3.04. The lowest BCUT2D eigenvalue weighted by molar-refractivity contribution is -0.117. The number of hydrogen-bond donors (Lipinski definition) is 1. The number of benzene rings is 1. The number of carbonyl (C=O) groups excluding carboxylic acids is 1. The molecule has 1 aliphatic heterocycles. The number of amides is 1. The topological polar surface area (TPSA) is 50.2 Å². The fraction of sp³-hybridized carbons (Fsp3) is 0.474. The van der Waals surface area contributed by atoms with E-state index in [1.165, 1.54) is 5.82 Å². The van der Waals surface area contributed by atoms with E-state index in [1.807, 2.05) is 36.5 Å². The summed E-state index contributed by atoms with van der Waals surface area (Å²) in [5, 5.41) is 2.96. The van der Waals surface area contributed by atoms with E-state index < -0.39 is 0 Å². The van der Waals surface area contributed by atoms with Crippen molar-refractivity contribution in [2.75, 3.05) is 25.0 Å². The van der Waals surface area contributed by atoms with E-state index in [1.54, 1.807) is 0 Å². The summed E-state index contributed by atoms with van der Waals surface area (Å²) in [5.41, 5.74) is 0.865. The van der Waals surface area contributed by atoms with Crippen LogP contribution in [-0.2, 0) is 17.8 Å². The maximum Gasteiger partial charge on any atom is 0.238 e. The summed E-state index contributed by atoms with van der Waals surface area (Å²) < 4.78 is 2.28. The molecule has 3 rings (SSSR count). The van der Waals surface area contributed by atoms with Crippen molar-refractivity contribution in [2.24, 2.45) is 5.92 Å². The largest absolute Gasteiger partial charge is 0.335 e. The molecule has 1 aliphatic rings. The Kier molecular flexibility index (Phi) is 5.64. The van der Waals surface area contributed by atoms with Crippen molar-refractivity contribution < 1.29 is 4.79 Å². The van der Waals surface area contributed by atoms with Crippen molar-refractivity contribution in [3.8, 4) is 0 Å². The van der Waals surface area contributed by atoms with Gasteiger partial charge in [-0.15, -0.1) is 0 Å². The summed E-state index contributed by atoms with van der Waals surface area (Å²) in [6, 6.07) is 9.65. The lowest BCUT2D eigenvalue weighted by atomic mass is 9.96. The highest BCUT2D eigenvalue weighted by molar-refractivity contribution is 5.92. The number of imidazole rings is 1. The first-order valence-electron chi connectivity index (χ1n) is 8.82. The molecule has 0 unspecified atom stereocenters. The molecular formula is C19H26N4O. The summed E-state index contributed by atoms with van der Waals surface area (Å²) in [7, 11) is 0. The molecule has 128 valence electrons. The van der Waals surface area contributed by atoms with Gasteiger partial charge >= 0.3 is 0 Å². The molecule has 1 aromatic heterocycles. The van der Waals surface area contributed by atoms with Gasteiger partial charge < -0.3 is 9.88 Å². The number of nitrogens with zero attached hydrogens (tertiary/aromatic N) is 3. The van der Waals surface area contributed by atoms with Gasteiger partial charge in [-0.3, -0.25) is 9.69 Å². The maximum absolute atomic E-state index is 12.1. The Labute approximate surface area is 143 Å². The van der Waals surface area contributed by atoms with Crippen molar-refractivity contribution in [1.29, 1.82) is 0 Å². The smallest absolute Gasteiger partial charge is 0.238 e. The Morgan fingerprint density at radius 2 is 2.00 bits per heavy atom. The van der Waals surface area contributed by atoms with Crippen LogP contribution in [0.1, 0.15) is 25.6 Å². The van der Waals surface area contributed by atoms with E-state index in [-0.39, 0.29) is 5.91 Å². The molecule has 1 N–H and O–H groups in total. The molecule has 24 heavy (non-hydrogen) atoms. The molecule has 1 saturated heterocycles. The molecule has 5 heteroatoms. The summed E-state index contributed by atoms with van der Waals surface area (Å²) in [4.78, 5) is 18.8. The van der Waals surface area contributed by atoms with Crippen LogP contribution in [0.15, 0.2) is 42.7 Å².